The first kappa shape index (κ1) is 13.9. The fourth-order valence-corrected chi connectivity index (χ4v) is 2.66. The zero-order valence-corrected chi connectivity index (χ0v) is 12.7. The molecule has 0 amide bonds. The van der Waals surface area contributed by atoms with Gasteiger partial charge in [-0.3, -0.25) is 0 Å². The summed E-state index contributed by atoms with van der Waals surface area (Å²) in [4.78, 5) is 4.41. The number of imidazole rings is 1. The number of nitrogens with one attached hydrogen (secondary N) is 1. The molecule has 3 rings (SSSR count). The summed E-state index contributed by atoms with van der Waals surface area (Å²) in [7, 11) is 0. The van der Waals surface area contributed by atoms with Crippen LogP contribution >= 0.6 is 23.2 Å². The van der Waals surface area contributed by atoms with Gasteiger partial charge in [0.2, 0.25) is 0 Å². The average molecular weight is 310 g/mol. The van der Waals surface area contributed by atoms with Crippen LogP contribution in [0.25, 0.3) is 0 Å². The first-order chi connectivity index (χ1) is 9.72. The highest BCUT2D eigenvalue weighted by atomic mass is 35.5. The van der Waals surface area contributed by atoms with Crippen molar-refractivity contribution in [3.8, 4) is 0 Å². The van der Waals surface area contributed by atoms with E-state index in [1.807, 2.05) is 24.5 Å². The lowest BCUT2D eigenvalue weighted by Gasteiger charge is -2.10. The Morgan fingerprint density at radius 3 is 2.90 bits per heavy atom. The highest BCUT2D eigenvalue weighted by molar-refractivity contribution is 6.35. The van der Waals surface area contributed by atoms with E-state index in [-0.39, 0.29) is 0 Å². The van der Waals surface area contributed by atoms with Crippen molar-refractivity contribution in [2.24, 2.45) is 5.92 Å². The number of halogens is 2. The molecule has 1 aliphatic rings. The van der Waals surface area contributed by atoms with E-state index in [9.17, 15) is 0 Å². The Labute approximate surface area is 128 Å². The average Bonchev–Trinajstić information content (AvgIpc) is 3.13. The molecular formula is C15H17Cl2N3. The number of benzene rings is 1. The Kier molecular flexibility index (Phi) is 4.29. The van der Waals surface area contributed by atoms with Crippen LogP contribution < -0.4 is 5.32 Å². The minimum atomic E-state index is 0.663. The maximum atomic E-state index is 6.22. The van der Waals surface area contributed by atoms with Gasteiger partial charge in [-0.25, -0.2) is 4.98 Å². The molecule has 0 bridgehead atoms. The lowest BCUT2D eigenvalue weighted by molar-refractivity contribution is 0.594. The third kappa shape index (κ3) is 3.54. The van der Waals surface area contributed by atoms with E-state index in [0.717, 1.165) is 36.9 Å². The number of hydrogen-bond acceptors (Lipinski definition) is 2. The summed E-state index contributed by atoms with van der Waals surface area (Å²) >= 11 is 12.1. The maximum absolute atomic E-state index is 6.22. The molecule has 1 saturated carbocycles. The smallest absolute Gasteiger partial charge is 0.122 e. The molecule has 20 heavy (non-hydrogen) atoms. The third-order valence-electron chi connectivity index (χ3n) is 3.57. The second-order valence-corrected chi connectivity index (χ2v) is 6.13. The second-order valence-electron chi connectivity index (χ2n) is 5.28. The van der Waals surface area contributed by atoms with Crippen LogP contribution in [-0.4, -0.2) is 16.1 Å². The first-order valence-electron chi connectivity index (χ1n) is 6.87. The molecule has 0 radical (unpaired) electrons. The molecule has 1 aliphatic carbocycles. The number of hydrogen-bond donors (Lipinski definition) is 1. The Hall–Kier alpha value is -1.03. The van der Waals surface area contributed by atoms with Crippen LogP contribution in [0.3, 0.4) is 0 Å². The summed E-state index contributed by atoms with van der Waals surface area (Å²) in [6.07, 6.45) is 6.54. The van der Waals surface area contributed by atoms with Crippen molar-refractivity contribution in [2.75, 3.05) is 6.54 Å². The van der Waals surface area contributed by atoms with Crippen molar-refractivity contribution in [1.82, 2.24) is 14.9 Å². The largest absolute Gasteiger partial charge is 0.329 e. The van der Waals surface area contributed by atoms with Gasteiger partial charge < -0.3 is 9.88 Å². The van der Waals surface area contributed by atoms with Crippen molar-refractivity contribution in [3.63, 3.8) is 0 Å². The van der Waals surface area contributed by atoms with Crippen LogP contribution in [0.1, 0.15) is 24.2 Å². The van der Waals surface area contributed by atoms with Gasteiger partial charge in [0.25, 0.3) is 0 Å². The molecular weight excluding hydrogens is 293 g/mol. The van der Waals surface area contributed by atoms with Gasteiger partial charge in [-0.05, 0) is 43.0 Å². The van der Waals surface area contributed by atoms with E-state index >= 15 is 0 Å². The van der Waals surface area contributed by atoms with Crippen molar-refractivity contribution < 1.29 is 0 Å². The van der Waals surface area contributed by atoms with Gasteiger partial charge in [-0.15, -0.1) is 0 Å². The Balaban J connectivity index is 1.65. The molecule has 2 aromatic rings. The number of aromatic nitrogens is 2. The first-order valence-corrected chi connectivity index (χ1v) is 7.62. The molecule has 1 aromatic carbocycles. The van der Waals surface area contributed by atoms with Gasteiger partial charge in [-0.2, -0.15) is 0 Å². The van der Waals surface area contributed by atoms with Gasteiger partial charge in [-0.1, -0.05) is 29.3 Å². The third-order valence-corrected chi connectivity index (χ3v) is 4.16. The summed E-state index contributed by atoms with van der Waals surface area (Å²) in [6, 6.07) is 5.61. The summed E-state index contributed by atoms with van der Waals surface area (Å²) in [5.74, 6) is 1.92. The second kappa shape index (κ2) is 6.17. The Morgan fingerprint density at radius 1 is 1.30 bits per heavy atom. The van der Waals surface area contributed by atoms with E-state index in [4.69, 9.17) is 23.2 Å². The predicted molar refractivity (Wildman–Crippen MR) is 82.2 cm³/mol. The minimum absolute atomic E-state index is 0.663. The molecule has 106 valence electrons. The predicted octanol–water partition coefficient (Wildman–Crippen LogP) is 3.74. The maximum Gasteiger partial charge on any atom is 0.122 e. The quantitative estimate of drug-likeness (QED) is 0.881. The summed E-state index contributed by atoms with van der Waals surface area (Å²) in [5.41, 5.74) is 1.05. The van der Waals surface area contributed by atoms with Crippen molar-refractivity contribution >= 4 is 23.2 Å². The Bertz CT molecular complexity index is 591. The van der Waals surface area contributed by atoms with Crippen LogP contribution in [-0.2, 0) is 13.1 Å². The molecule has 0 spiro atoms. The molecule has 1 heterocycles. The molecule has 5 heteroatoms. The monoisotopic (exact) mass is 309 g/mol. The topological polar surface area (TPSA) is 29.9 Å². The summed E-state index contributed by atoms with van der Waals surface area (Å²) < 4.78 is 2.12. The van der Waals surface area contributed by atoms with Gasteiger partial charge in [0.1, 0.15) is 5.82 Å². The highest BCUT2D eigenvalue weighted by Crippen LogP contribution is 2.27. The Morgan fingerprint density at radius 2 is 2.15 bits per heavy atom. The molecule has 0 aliphatic heterocycles. The molecule has 0 atom stereocenters. The molecule has 1 aromatic heterocycles. The SMILES string of the molecule is Clc1ccc(Cn2ccnc2CNCC2CC2)c(Cl)c1. The van der Waals surface area contributed by atoms with E-state index < -0.39 is 0 Å². The van der Waals surface area contributed by atoms with Crippen LogP contribution in [0.15, 0.2) is 30.6 Å². The fourth-order valence-electron chi connectivity index (χ4n) is 2.19. The molecule has 1 N–H and O–H groups in total. The summed E-state index contributed by atoms with van der Waals surface area (Å²) in [6.45, 7) is 2.61. The highest BCUT2D eigenvalue weighted by Gasteiger charge is 2.20. The van der Waals surface area contributed by atoms with Gasteiger partial charge in [0, 0.05) is 22.4 Å². The molecule has 1 fully saturated rings. The van der Waals surface area contributed by atoms with Crippen molar-refractivity contribution in [2.45, 2.75) is 25.9 Å². The standard InChI is InChI=1S/C15H17Cl2N3/c16-13-4-3-12(14(17)7-13)10-20-6-5-19-15(20)9-18-8-11-1-2-11/h3-7,11,18H,1-2,8-10H2. The van der Waals surface area contributed by atoms with E-state index in [1.54, 1.807) is 6.07 Å². The van der Waals surface area contributed by atoms with Gasteiger partial charge in [0.15, 0.2) is 0 Å². The number of rotatable bonds is 6. The lowest BCUT2D eigenvalue weighted by Crippen LogP contribution is -2.19. The van der Waals surface area contributed by atoms with Crippen LogP contribution in [0, 0.1) is 5.92 Å². The van der Waals surface area contributed by atoms with E-state index in [1.165, 1.54) is 12.8 Å². The molecule has 3 nitrogen and oxygen atoms in total. The van der Waals surface area contributed by atoms with Crippen molar-refractivity contribution in [1.29, 1.82) is 0 Å². The van der Waals surface area contributed by atoms with Crippen molar-refractivity contribution in [3.05, 3.63) is 52.0 Å². The minimum Gasteiger partial charge on any atom is -0.329 e. The molecule has 0 saturated heterocycles. The van der Waals surface area contributed by atoms with Gasteiger partial charge >= 0.3 is 0 Å². The normalized spacial score (nSPS) is 14.7. The number of nitrogens with zero attached hydrogens (tertiary/aromatic N) is 2. The van der Waals surface area contributed by atoms with Crippen LogP contribution in [0.2, 0.25) is 10.0 Å². The van der Waals surface area contributed by atoms with E-state index in [2.05, 4.69) is 14.9 Å². The van der Waals surface area contributed by atoms with Gasteiger partial charge in [0.05, 0.1) is 13.1 Å². The zero-order chi connectivity index (χ0) is 13.9. The van der Waals surface area contributed by atoms with E-state index in [0.29, 0.717) is 10.0 Å². The summed E-state index contributed by atoms with van der Waals surface area (Å²) in [5, 5.41) is 4.82. The van der Waals surface area contributed by atoms with Crippen LogP contribution in [0.5, 0.6) is 0 Å². The lowest BCUT2D eigenvalue weighted by atomic mass is 10.2. The van der Waals surface area contributed by atoms with Crippen LogP contribution in [0.4, 0.5) is 0 Å². The zero-order valence-electron chi connectivity index (χ0n) is 11.1. The fraction of sp³-hybridized carbons (Fsp3) is 0.400. The molecule has 0 unspecified atom stereocenters.